The van der Waals surface area contributed by atoms with Crippen LogP contribution >= 0.6 is 0 Å². The van der Waals surface area contributed by atoms with Gasteiger partial charge in [0, 0.05) is 12.6 Å². The van der Waals surface area contributed by atoms with Crippen molar-refractivity contribution in [3.63, 3.8) is 0 Å². The Morgan fingerprint density at radius 1 is 1.27 bits per heavy atom. The third-order valence-corrected chi connectivity index (χ3v) is 3.20. The van der Waals surface area contributed by atoms with Gasteiger partial charge in [-0.15, -0.1) is 0 Å². The van der Waals surface area contributed by atoms with E-state index in [-0.39, 0.29) is 0 Å². The third-order valence-electron chi connectivity index (χ3n) is 3.20. The second-order valence-corrected chi connectivity index (χ2v) is 5.31. The van der Waals surface area contributed by atoms with E-state index in [1.54, 1.807) is 0 Å². The summed E-state index contributed by atoms with van der Waals surface area (Å²) < 4.78 is 5.70. The molecule has 0 bridgehead atoms. The Morgan fingerprint density at radius 3 is 2.67 bits per heavy atom. The van der Waals surface area contributed by atoms with E-state index in [1.165, 1.54) is 32.1 Å². The van der Waals surface area contributed by atoms with Crippen LogP contribution in [0.3, 0.4) is 0 Å². The van der Waals surface area contributed by atoms with E-state index in [9.17, 15) is 0 Å². The summed E-state index contributed by atoms with van der Waals surface area (Å²) >= 11 is 0. The topological polar surface area (TPSA) is 35.2 Å². The highest BCUT2D eigenvalue weighted by molar-refractivity contribution is 4.71. The van der Waals surface area contributed by atoms with Crippen molar-refractivity contribution in [2.24, 2.45) is 11.7 Å². The van der Waals surface area contributed by atoms with E-state index in [0.29, 0.717) is 12.1 Å². The summed E-state index contributed by atoms with van der Waals surface area (Å²) in [5, 5.41) is 0. The molecule has 0 spiro atoms. The van der Waals surface area contributed by atoms with Gasteiger partial charge in [0.1, 0.15) is 0 Å². The molecule has 0 aromatic heterocycles. The maximum atomic E-state index is 6.11. The van der Waals surface area contributed by atoms with Crippen LogP contribution in [-0.2, 0) is 4.74 Å². The Bertz CT molecular complexity index is 153. The Labute approximate surface area is 94.6 Å². The van der Waals surface area contributed by atoms with Crippen molar-refractivity contribution < 1.29 is 4.74 Å². The van der Waals surface area contributed by atoms with E-state index >= 15 is 0 Å². The van der Waals surface area contributed by atoms with Gasteiger partial charge in [0.05, 0.1) is 6.10 Å². The molecule has 1 rings (SSSR count). The predicted octanol–water partition coefficient (Wildman–Crippen LogP) is 3.10. The van der Waals surface area contributed by atoms with Crippen LogP contribution in [0.1, 0.15) is 58.8 Å². The minimum absolute atomic E-state index is 0.354. The van der Waals surface area contributed by atoms with E-state index in [4.69, 9.17) is 10.5 Å². The van der Waals surface area contributed by atoms with Crippen molar-refractivity contribution in [2.45, 2.75) is 70.9 Å². The molecule has 90 valence electrons. The van der Waals surface area contributed by atoms with Gasteiger partial charge in [-0.2, -0.15) is 0 Å². The summed E-state index contributed by atoms with van der Waals surface area (Å²) in [7, 11) is 0. The zero-order valence-electron chi connectivity index (χ0n) is 10.4. The normalized spacial score (nSPS) is 24.4. The quantitative estimate of drug-likeness (QED) is 0.736. The first kappa shape index (κ1) is 13.0. The first-order valence-corrected chi connectivity index (χ1v) is 6.55. The van der Waals surface area contributed by atoms with Crippen LogP contribution in [0, 0.1) is 5.92 Å². The molecule has 0 aromatic carbocycles. The molecule has 15 heavy (non-hydrogen) atoms. The molecule has 2 N–H and O–H groups in total. The summed E-state index contributed by atoms with van der Waals surface area (Å²) in [6, 6.07) is 0.354. The van der Waals surface area contributed by atoms with E-state index in [0.717, 1.165) is 25.4 Å². The second-order valence-electron chi connectivity index (χ2n) is 5.31. The lowest BCUT2D eigenvalue weighted by molar-refractivity contribution is 0.00687. The van der Waals surface area contributed by atoms with Crippen LogP contribution in [-0.4, -0.2) is 18.8 Å². The number of rotatable bonds is 6. The van der Waals surface area contributed by atoms with Crippen LogP contribution in [0.15, 0.2) is 0 Å². The van der Waals surface area contributed by atoms with Crippen LogP contribution in [0.5, 0.6) is 0 Å². The highest BCUT2D eigenvalue weighted by Gasteiger charge is 2.16. The molecule has 2 atom stereocenters. The van der Waals surface area contributed by atoms with Gasteiger partial charge in [0.25, 0.3) is 0 Å². The SMILES string of the molecule is CC(C)CCCC(N)CC1CCCCO1. The summed E-state index contributed by atoms with van der Waals surface area (Å²) in [5.74, 6) is 0.808. The van der Waals surface area contributed by atoms with Crippen molar-refractivity contribution in [1.82, 2.24) is 0 Å². The van der Waals surface area contributed by atoms with Crippen molar-refractivity contribution in [3.8, 4) is 0 Å². The van der Waals surface area contributed by atoms with Crippen LogP contribution in [0.2, 0.25) is 0 Å². The number of hydrogen-bond donors (Lipinski definition) is 1. The lowest BCUT2D eigenvalue weighted by atomic mass is 9.97. The maximum absolute atomic E-state index is 6.11. The van der Waals surface area contributed by atoms with E-state index in [2.05, 4.69) is 13.8 Å². The Kier molecular flexibility index (Phi) is 6.26. The number of ether oxygens (including phenoxy) is 1. The van der Waals surface area contributed by atoms with Gasteiger partial charge in [-0.1, -0.05) is 26.7 Å². The van der Waals surface area contributed by atoms with Crippen LogP contribution < -0.4 is 5.73 Å². The fraction of sp³-hybridized carbons (Fsp3) is 1.00. The van der Waals surface area contributed by atoms with Gasteiger partial charge in [-0.25, -0.2) is 0 Å². The molecular weight excluding hydrogens is 186 g/mol. The fourth-order valence-electron chi connectivity index (χ4n) is 2.24. The van der Waals surface area contributed by atoms with Gasteiger partial charge in [0.2, 0.25) is 0 Å². The Morgan fingerprint density at radius 2 is 2.07 bits per heavy atom. The molecule has 0 aromatic rings. The molecule has 1 aliphatic heterocycles. The molecule has 0 saturated carbocycles. The molecule has 0 amide bonds. The fourth-order valence-corrected chi connectivity index (χ4v) is 2.24. The lowest BCUT2D eigenvalue weighted by Gasteiger charge is -2.25. The summed E-state index contributed by atoms with van der Waals surface area (Å²) in [6.45, 7) is 5.49. The van der Waals surface area contributed by atoms with Crippen molar-refractivity contribution in [1.29, 1.82) is 0 Å². The number of nitrogens with two attached hydrogens (primary N) is 1. The third kappa shape index (κ3) is 6.16. The van der Waals surface area contributed by atoms with Crippen LogP contribution in [0.25, 0.3) is 0 Å². The maximum Gasteiger partial charge on any atom is 0.0589 e. The van der Waals surface area contributed by atoms with Gasteiger partial charge in [0.15, 0.2) is 0 Å². The van der Waals surface area contributed by atoms with Crippen LogP contribution in [0.4, 0.5) is 0 Å². The second kappa shape index (κ2) is 7.24. The molecule has 0 aliphatic carbocycles. The number of hydrogen-bond acceptors (Lipinski definition) is 2. The minimum atomic E-state index is 0.354. The monoisotopic (exact) mass is 213 g/mol. The molecule has 1 fully saturated rings. The van der Waals surface area contributed by atoms with Gasteiger partial charge < -0.3 is 10.5 Å². The van der Waals surface area contributed by atoms with Crippen molar-refractivity contribution >= 4 is 0 Å². The average molecular weight is 213 g/mol. The average Bonchev–Trinajstić information content (AvgIpc) is 2.18. The zero-order chi connectivity index (χ0) is 11.1. The summed E-state index contributed by atoms with van der Waals surface area (Å²) in [5.41, 5.74) is 6.11. The summed E-state index contributed by atoms with van der Waals surface area (Å²) in [6.07, 6.45) is 9.04. The highest BCUT2D eigenvalue weighted by Crippen LogP contribution is 2.18. The summed E-state index contributed by atoms with van der Waals surface area (Å²) in [4.78, 5) is 0. The standard InChI is InChI=1S/C13H27NO/c1-11(2)6-5-7-12(14)10-13-8-3-4-9-15-13/h11-13H,3-10,14H2,1-2H3. The first-order valence-electron chi connectivity index (χ1n) is 6.55. The van der Waals surface area contributed by atoms with Crippen molar-refractivity contribution in [2.75, 3.05) is 6.61 Å². The molecule has 2 unspecified atom stereocenters. The molecular formula is C13H27NO. The van der Waals surface area contributed by atoms with Gasteiger partial charge in [-0.3, -0.25) is 0 Å². The van der Waals surface area contributed by atoms with Gasteiger partial charge in [-0.05, 0) is 38.0 Å². The molecule has 2 heteroatoms. The smallest absolute Gasteiger partial charge is 0.0589 e. The molecule has 0 radical (unpaired) electrons. The van der Waals surface area contributed by atoms with E-state index < -0.39 is 0 Å². The molecule has 1 aliphatic rings. The highest BCUT2D eigenvalue weighted by atomic mass is 16.5. The van der Waals surface area contributed by atoms with E-state index in [1.807, 2.05) is 0 Å². The lowest BCUT2D eigenvalue weighted by Crippen LogP contribution is -2.30. The Balaban J connectivity index is 2.03. The predicted molar refractivity (Wildman–Crippen MR) is 64.9 cm³/mol. The Hall–Kier alpha value is -0.0800. The molecule has 2 nitrogen and oxygen atoms in total. The zero-order valence-corrected chi connectivity index (χ0v) is 10.4. The largest absolute Gasteiger partial charge is 0.378 e. The minimum Gasteiger partial charge on any atom is -0.378 e. The van der Waals surface area contributed by atoms with Gasteiger partial charge >= 0.3 is 0 Å². The first-order chi connectivity index (χ1) is 7.18. The molecule has 1 saturated heterocycles. The van der Waals surface area contributed by atoms with Crippen molar-refractivity contribution in [3.05, 3.63) is 0 Å². The molecule has 1 heterocycles.